The summed E-state index contributed by atoms with van der Waals surface area (Å²) in [4.78, 5) is 14.1. The van der Waals surface area contributed by atoms with E-state index in [9.17, 15) is 4.79 Å². The van der Waals surface area contributed by atoms with Crippen LogP contribution >= 0.6 is 0 Å². The van der Waals surface area contributed by atoms with Crippen molar-refractivity contribution in [3.05, 3.63) is 12.7 Å². The number of hydrogen-bond acceptors (Lipinski definition) is 3. The molecule has 0 radical (unpaired) electrons. The number of nitrogens with one attached hydrogen (secondary N) is 2. The summed E-state index contributed by atoms with van der Waals surface area (Å²) in [6.07, 6.45) is 4.25. The second-order valence-corrected chi connectivity index (χ2v) is 4.73. The quantitative estimate of drug-likeness (QED) is 0.508. The first-order valence-corrected chi connectivity index (χ1v) is 6.13. The van der Waals surface area contributed by atoms with E-state index in [1.807, 2.05) is 0 Å². The Bertz CT molecular complexity index is 259. The standard InChI is InChI=1S/C12H21N3O/c1-2-5-13-8-12(16)14-11-9-15-6-3-10(11)4-7-15/h2,10-11,13H,1,3-9H2,(H,14,16). The molecule has 3 heterocycles. The highest BCUT2D eigenvalue weighted by Crippen LogP contribution is 2.27. The second-order valence-electron chi connectivity index (χ2n) is 4.73. The minimum atomic E-state index is 0.112. The van der Waals surface area contributed by atoms with E-state index in [-0.39, 0.29) is 5.91 Å². The van der Waals surface area contributed by atoms with Crippen molar-refractivity contribution in [1.29, 1.82) is 0 Å². The Morgan fingerprint density at radius 1 is 1.44 bits per heavy atom. The maximum absolute atomic E-state index is 11.6. The van der Waals surface area contributed by atoms with Gasteiger partial charge >= 0.3 is 0 Å². The van der Waals surface area contributed by atoms with Crippen LogP contribution in [0, 0.1) is 5.92 Å². The van der Waals surface area contributed by atoms with Crippen LogP contribution in [0.25, 0.3) is 0 Å². The molecule has 0 aromatic carbocycles. The summed E-state index contributed by atoms with van der Waals surface area (Å²) in [5.41, 5.74) is 0. The first kappa shape index (κ1) is 11.6. The minimum absolute atomic E-state index is 0.112. The second kappa shape index (κ2) is 5.46. The van der Waals surface area contributed by atoms with Gasteiger partial charge < -0.3 is 15.5 Å². The van der Waals surface area contributed by atoms with Gasteiger partial charge in [0.15, 0.2) is 0 Å². The molecule has 2 N–H and O–H groups in total. The smallest absolute Gasteiger partial charge is 0.234 e. The van der Waals surface area contributed by atoms with E-state index in [2.05, 4.69) is 22.1 Å². The third-order valence-electron chi connectivity index (χ3n) is 3.58. The molecule has 3 aliphatic rings. The Morgan fingerprint density at radius 3 is 2.75 bits per heavy atom. The number of rotatable bonds is 5. The third-order valence-corrected chi connectivity index (χ3v) is 3.58. The number of carbonyl (C=O) groups excluding carboxylic acids is 1. The molecule has 0 aromatic heterocycles. The van der Waals surface area contributed by atoms with Crippen LogP contribution in [0.3, 0.4) is 0 Å². The summed E-state index contributed by atoms with van der Waals surface area (Å²) in [5, 5.41) is 6.16. The molecule has 90 valence electrons. The van der Waals surface area contributed by atoms with Crippen molar-refractivity contribution < 1.29 is 4.79 Å². The van der Waals surface area contributed by atoms with Crippen molar-refractivity contribution in [2.75, 3.05) is 32.7 Å². The average Bonchev–Trinajstić information content (AvgIpc) is 2.31. The highest BCUT2D eigenvalue weighted by atomic mass is 16.2. The lowest BCUT2D eigenvalue weighted by atomic mass is 9.84. The number of hydrogen-bond donors (Lipinski definition) is 2. The molecule has 0 spiro atoms. The first-order valence-electron chi connectivity index (χ1n) is 6.13. The van der Waals surface area contributed by atoms with Gasteiger partial charge in [0.05, 0.1) is 6.54 Å². The lowest BCUT2D eigenvalue weighted by Crippen LogP contribution is -2.58. The van der Waals surface area contributed by atoms with Gasteiger partial charge in [0, 0.05) is 19.1 Å². The van der Waals surface area contributed by atoms with Gasteiger partial charge in [-0.15, -0.1) is 6.58 Å². The van der Waals surface area contributed by atoms with Crippen molar-refractivity contribution in [3.63, 3.8) is 0 Å². The number of nitrogens with zero attached hydrogens (tertiary/aromatic N) is 1. The monoisotopic (exact) mass is 223 g/mol. The first-order chi connectivity index (χ1) is 7.79. The van der Waals surface area contributed by atoms with Gasteiger partial charge in [0.2, 0.25) is 5.91 Å². The molecule has 0 saturated carbocycles. The van der Waals surface area contributed by atoms with Crippen LogP contribution in [0.5, 0.6) is 0 Å². The highest BCUT2D eigenvalue weighted by Gasteiger charge is 2.34. The van der Waals surface area contributed by atoms with Crippen molar-refractivity contribution >= 4 is 5.91 Å². The van der Waals surface area contributed by atoms with Crippen LogP contribution in [-0.2, 0) is 4.79 Å². The zero-order valence-electron chi connectivity index (χ0n) is 9.74. The van der Waals surface area contributed by atoms with Crippen LogP contribution in [0.1, 0.15) is 12.8 Å². The van der Waals surface area contributed by atoms with Crippen molar-refractivity contribution in [2.24, 2.45) is 5.92 Å². The molecular formula is C12H21N3O. The van der Waals surface area contributed by atoms with Crippen LogP contribution in [-0.4, -0.2) is 49.6 Å². The predicted molar refractivity (Wildman–Crippen MR) is 64.2 cm³/mol. The summed E-state index contributed by atoms with van der Waals surface area (Å²) in [6, 6.07) is 0.375. The van der Waals surface area contributed by atoms with Crippen molar-refractivity contribution in [2.45, 2.75) is 18.9 Å². The van der Waals surface area contributed by atoms with E-state index in [0.717, 1.165) is 6.54 Å². The zero-order chi connectivity index (χ0) is 11.4. The molecule has 0 aliphatic carbocycles. The number of amides is 1. The van der Waals surface area contributed by atoms with E-state index in [1.54, 1.807) is 6.08 Å². The Hall–Kier alpha value is -0.870. The van der Waals surface area contributed by atoms with E-state index in [1.165, 1.54) is 25.9 Å². The summed E-state index contributed by atoms with van der Waals surface area (Å²) in [6.45, 7) is 8.16. The lowest BCUT2D eigenvalue weighted by Gasteiger charge is -2.44. The number of fused-ring (bicyclic) bond motifs is 3. The summed E-state index contributed by atoms with van der Waals surface area (Å²) in [5.74, 6) is 0.814. The topological polar surface area (TPSA) is 44.4 Å². The fourth-order valence-corrected chi connectivity index (χ4v) is 2.67. The van der Waals surface area contributed by atoms with Crippen molar-refractivity contribution in [3.8, 4) is 0 Å². The molecule has 4 nitrogen and oxygen atoms in total. The lowest BCUT2D eigenvalue weighted by molar-refractivity contribution is -0.122. The normalized spacial score (nSPS) is 32.4. The van der Waals surface area contributed by atoms with Gasteiger partial charge in [-0.05, 0) is 31.8 Å². The van der Waals surface area contributed by atoms with E-state index in [0.29, 0.717) is 25.0 Å². The molecule has 16 heavy (non-hydrogen) atoms. The van der Waals surface area contributed by atoms with Crippen LogP contribution < -0.4 is 10.6 Å². The Morgan fingerprint density at radius 2 is 2.19 bits per heavy atom. The van der Waals surface area contributed by atoms with Gasteiger partial charge in [-0.25, -0.2) is 0 Å². The average molecular weight is 223 g/mol. The van der Waals surface area contributed by atoms with Gasteiger partial charge in [-0.3, -0.25) is 4.79 Å². The van der Waals surface area contributed by atoms with Gasteiger partial charge in [-0.1, -0.05) is 6.08 Å². The Kier molecular flexibility index (Phi) is 3.96. The molecule has 0 aromatic rings. The molecule has 1 unspecified atom stereocenters. The van der Waals surface area contributed by atoms with Gasteiger partial charge in [0.1, 0.15) is 0 Å². The third kappa shape index (κ3) is 2.83. The fraction of sp³-hybridized carbons (Fsp3) is 0.750. The number of carbonyl (C=O) groups is 1. The molecule has 3 rings (SSSR count). The predicted octanol–water partition coefficient (Wildman–Crippen LogP) is -0.0276. The van der Waals surface area contributed by atoms with Crippen LogP contribution in [0.2, 0.25) is 0 Å². The number of piperidine rings is 3. The van der Waals surface area contributed by atoms with Gasteiger partial charge in [0.25, 0.3) is 0 Å². The summed E-state index contributed by atoms with van der Waals surface area (Å²) in [7, 11) is 0. The van der Waals surface area contributed by atoms with E-state index < -0.39 is 0 Å². The highest BCUT2D eigenvalue weighted by molar-refractivity contribution is 5.78. The summed E-state index contributed by atoms with van der Waals surface area (Å²) >= 11 is 0. The Balaban J connectivity index is 1.72. The molecule has 1 atom stereocenters. The zero-order valence-corrected chi connectivity index (χ0v) is 9.74. The van der Waals surface area contributed by atoms with E-state index >= 15 is 0 Å². The molecule has 3 aliphatic heterocycles. The van der Waals surface area contributed by atoms with Gasteiger partial charge in [-0.2, -0.15) is 0 Å². The Labute approximate surface area is 97.1 Å². The summed E-state index contributed by atoms with van der Waals surface area (Å²) < 4.78 is 0. The van der Waals surface area contributed by atoms with Crippen LogP contribution in [0.15, 0.2) is 12.7 Å². The minimum Gasteiger partial charge on any atom is -0.351 e. The molecule has 3 fully saturated rings. The molecular weight excluding hydrogens is 202 g/mol. The largest absolute Gasteiger partial charge is 0.351 e. The van der Waals surface area contributed by atoms with E-state index in [4.69, 9.17) is 0 Å². The van der Waals surface area contributed by atoms with Crippen molar-refractivity contribution in [1.82, 2.24) is 15.5 Å². The molecule has 3 saturated heterocycles. The fourth-order valence-electron chi connectivity index (χ4n) is 2.67. The molecule has 2 bridgehead atoms. The SMILES string of the molecule is C=CCNCC(=O)NC1CN2CCC1CC2. The molecule has 1 amide bonds. The maximum atomic E-state index is 11.6. The maximum Gasteiger partial charge on any atom is 0.234 e. The molecule has 4 heteroatoms. The van der Waals surface area contributed by atoms with Crippen LogP contribution in [0.4, 0.5) is 0 Å².